The van der Waals surface area contributed by atoms with Gasteiger partial charge in [-0.15, -0.1) is 0 Å². The number of nitrogens with one attached hydrogen (secondary N) is 5. The van der Waals surface area contributed by atoms with E-state index in [0.717, 1.165) is 37.7 Å². The summed E-state index contributed by atoms with van der Waals surface area (Å²) >= 11 is 0. The van der Waals surface area contributed by atoms with Crippen LogP contribution in [0.3, 0.4) is 0 Å². The lowest BCUT2D eigenvalue weighted by Gasteiger charge is -2.50. The first-order chi connectivity index (χ1) is 27.6. The summed E-state index contributed by atoms with van der Waals surface area (Å²) in [4.78, 5) is 77.1. The molecule has 1 aromatic carbocycles. The molecular formula is C41H54N8O8S. The molecule has 312 valence electrons. The fraction of sp³-hybridized carbons (Fsp3) is 0.537. The number of hydrogen-bond acceptors (Lipinski definition) is 11. The maximum atomic E-state index is 14.6. The van der Waals surface area contributed by atoms with Crippen LogP contribution in [-0.4, -0.2) is 83.9 Å². The highest BCUT2D eigenvalue weighted by atomic mass is 32.2. The van der Waals surface area contributed by atoms with Gasteiger partial charge in [-0.1, -0.05) is 62.4 Å². The molecule has 0 aliphatic heterocycles. The Balaban J connectivity index is 1.43. The molecule has 0 saturated heterocycles. The first-order valence-electron chi connectivity index (χ1n) is 20.0. The Morgan fingerprint density at radius 2 is 1.57 bits per heavy atom. The molecule has 2 aliphatic carbocycles. The minimum atomic E-state index is -4.28. The van der Waals surface area contributed by atoms with Crippen LogP contribution in [0, 0.1) is 11.8 Å². The molecule has 1 unspecified atom stereocenters. The number of benzene rings is 1. The number of esters is 2. The number of sulfone groups is 1. The molecule has 17 heteroatoms. The van der Waals surface area contributed by atoms with Crippen LogP contribution < -0.4 is 10.6 Å². The summed E-state index contributed by atoms with van der Waals surface area (Å²) in [5, 5.41) is 5.55. The van der Waals surface area contributed by atoms with Gasteiger partial charge in [0.2, 0.25) is 23.5 Å². The third-order valence-corrected chi connectivity index (χ3v) is 14.0. The van der Waals surface area contributed by atoms with Crippen LogP contribution in [0.4, 0.5) is 5.95 Å². The van der Waals surface area contributed by atoms with Gasteiger partial charge in [0.05, 0.1) is 29.0 Å². The lowest BCUT2D eigenvalue weighted by Crippen LogP contribution is -2.73. The molecule has 2 aliphatic rings. The first kappa shape index (κ1) is 42.3. The fourth-order valence-electron chi connectivity index (χ4n) is 7.62. The van der Waals surface area contributed by atoms with Gasteiger partial charge >= 0.3 is 11.9 Å². The Morgan fingerprint density at radius 1 is 0.879 bits per heavy atom. The number of ether oxygens (including phenoxy) is 2. The quantitative estimate of drug-likeness (QED) is 0.0597. The highest BCUT2D eigenvalue weighted by molar-refractivity contribution is 7.92. The van der Waals surface area contributed by atoms with E-state index < -0.39 is 61.3 Å². The Labute approximate surface area is 338 Å². The van der Waals surface area contributed by atoms with Crippen molar-refractivity contribution in [3.8, 4) is 0 Å². The van der Waals surface area contributed by atoms with Crippen LogP contribution in [0.2, 0.25) is 0 Å². The van der Waals surface area contributed by atoms with E-state index in [9.17, 15) is 27.6 Å². The fourth-order valence-corrected chi connectivity index (χ4v) is 8.97. The van der Waals surface area contributed by atoms with Crippen LogP contribution in [0.1, 0.15) is 130 Å². The molecule has 58 heavy (non-hydrogen) atoms. The zero-order valence-corrected chi connectivity index (χ0v) is 34.3. The van der Waals surface area contributed by atoms with E-state index in [1.165, 1.54) is 52.0 Å². The Hall–Kier alpha value is -5.32. The minimum absolute atomic E-state index is 0.0372. The van der Waals surface area contributed by atoms with Gasteiger partial charge in [0.15, 0.2) is 26.8 Å². The maximum Gasteiger partial charge on any atom is 0.360 e. The van der Waals surface area contributed by atoms with Crippen molar-refractivity contribution in [1.82, 2.24) is 35.2 Å². The monoisotopic (exact) mass is 818 g/mol. The van der Waals surface area contributed by atoms with Crippen LogP contribution >= 0.6 is 0 Å². The van der Waals surface area contributed by atoms with Crippen molar-refractivity contribution in [2.75, 3.05) is 11.1 Å². The number of rotatable bonds is 18. The SMILES string of the molecule is CC(C(=O)N[C@](CS(=O)(=O)C(C)(C)C)(OC(=O)c1c[nH]c(NC(=O)CCc2ccccc2)n1)[C@@](CCC1CCCCC1)(OC(=O)c1c[nH]cn1)C1CC1)c1c[nH]cn1. The van der Waals surface area contributed by atoms with E-state index in [1.807, 2.05) is 30.3 Å². The van der Waals surface area contributed by atoms with Crippen molar-refractivity contribution in [3.63, 3.8) is 0 Å². The lowest BCUT2D eigenvalue weighted by molar-refractivity contribution is -0.185. The maximum absolute atomic E-state index is 14.6. The summed E-state index contributed by atoms with van der Waals surface area (Å²) in [5.74, 6) is -5.27. The van der Waals surface area contributed by atoms with E-state index >= 15 is 0 Å². The number of imidazole rings is 3. The van der Waals surface area contributed by atoms with E-state index in [-0.39, 0.29) is 42.0 Å². The number of carbonyl (C=O) groups excluding carboxylic acids is 4. The van der Waals surface area contributed by atoms with Gasteiger partial charge < -0.3 is 29.7 Å². The lowest BCUT2D eigenvalue weighted by atomic mass is 9.76. The number of anilines is 1. The van der Waals surface area contributed by atoms with Gasteiger partial charge in [-0.05, 0) is 71.3 Å². The molecule has 2 saturated carbocycles. The predicted octanol–water partition coefficient (Wildman–Crippen LogP) is 5.78. The number of amides is 2. The second kappa shape index (κ2) is 17.7. The molecule has 16 nitrogen and oxygen atoms in total. The van der Waals surface area contributed by atoms with Crippen LogP contribution in [0.25, 0.3) is 0 Å². The number of nitrogens with zero attached hydrogens (tertiary/aromatic N) is 3. The number of hydrogen-bond donors (Lipinski definition) is 5. The van der Waals surface area contributed by atoms with E-state index in [2.05, 4.69) is 40.5 Å². The summed E-state index contributed by atoms with van der Waals surface area (Å²) in [6.07, 6.45) is 14.1. The molecule has 6 rings (SSSR count). The van der Waals surface area contributed by atoms with E-state index in [4.69, 9.17) is 9.47 Å². The third kappa shape index (κ3) is 9.85. The van der Waals surface area contributed by atoms with Crippen molar-refractivity contribution >= 4 is 39.5 Å². The first-order valence-corrected chi connectivity index (χ1v) is 21.6. The third-order valence-electron chi connectivity index (χ3n) is 11.4. The normalized spacial score (nSPS) is 17.7. The van der Waals surface area contributed by atoms with Crippen LogP contribution in [0.5, 0.6) is 0 Å². The van der Waals surface area contributed by atoms with Gasteiger partial charge in [0.1, 0.15) is 5.75 Å². The molecule has 2 fully saturated rings. The number of aryl methyl sites for hydroxylation is 1. The highest BCUT2D eigenvalue weighted by Gasteiger charge is 2.67. The predicted molar refractivity (Wildman–Crippen MR) is 214 cm³/mol. The van der Waals surface area contributed by atoms with Crippen molar-refractivity contribution in [2.45, 2.75) is 120 Å². The average Bonchev–Trinajstić information content (AvgIpc) is 3.55. The van der Waals surface area contributed by atoms with Gasteiger partial charge in [-0.3, -0.25) is 14.9 Å². The molecule has 3 atom stereocenters. The zero-order chi connectivity index (χ0) is 41.6. The summed E-state index contributed by atoms with van der Waals surface area (Å²) in [6, 6.07) is 9.49. The van der Waals surface area contributed by atoms with Crippen molar-refractivity contribution in [2.24, 2.45) is 11.8 Å². The van der Waals surface area contributed by atoms with Crippen molar-refractivity contribution in [1.29, 1.82) is 0 Å². The molecule has 0 radical (unpaired) electrons. The summed E-state index contributed by atoms with van der Waals surface area (Å²) in [7, 11) is -4.28. The molecule has 3 aromatic heterocycles. The van der Waals surface area contributed by atoms with Gasteiger partial charge in [0.25, 0.3) is 0 Å². The summed E-state index contributed by atoms with van der Waals surface area (Å²) < 4.78 is 40.8. The van der Waals surface area contributed by atoms with Gasteiger partial charge in [0, 0.05) is 30.9 Å². The summed E-state index contributed by atoms with van der Waals surface area (Å²) in [6.45, 7) is 6.13. The molecular weight excluding hydrogens is 765 g/mol. The van der Waals surface area contributed by atoms with Gasteiger partial charge in [-0.25, -0.2) is 33.0 Å². The van der Waals surface area contributed by atoms with Crippen LogP contribution in [-0.2, 0) is 35.3 Å². The molecule has 4 aromatic rings. The number of aromatic amines is 3. The molecule has 3 heterocycles. The van der Waals surface area contributed by atoms with Crippen LogP contribution in [0.15, 0.2) is 61.6 Å². The van der Waals surface area contributed by atoms with Crippen molar-refractivity contribution in [3.05, 3.63) is 84.2 Å². The minimum Gasteiger partial charge on any atom is -0.448 e. The molecule has 0 bridgehead atoms. The number of H-pyrrole nitrogens is 3. The van der Waals surface area contributed by atoms with Crippen molar-refractivity contribution < 1.29 is 37.1 Å². The Kier molecular flexibility index (Phi) is 12.9. The largest absolute Gasteiger partial charge is 0.448 e. The molecule has 5 N–H and O–H groups in total. The number of carbonyl (C=O) groups is 4. The van der Waals surface area contributed by atoms with Gasteiger partial charge in [-0.2, -0.15) is 0 Å². The standard InChI is InChI=1S/C41H54N8O8S/c1-27(31-21-42-25-45-31)35(51)49-41(24-58(54,55)39(2,3)4,57-37(53)33-23-44-38(47-33)48-34(50)18-15-28-11-7-5-8-12-28)40(30-16-17-30,20-19-29-13-9-6-10-14-29)56-36(52)32-22-43-26-46-32/h5,7-8,11-12,21-23,25-27,29-30H,6,9-10,13-20,24H2,1-4H3,(H,42,45)(H,43,46)(H,49,51)(H2,44,47,48,50)/t27?,40-,41+/m0/s1. The Morgan fingerprint density at radius 3 is 2.21 bits per heavy atom. The molecule has 2 amide bonds. The Bertz CT molecular complexity index is 2120. The van der Waals surface area contributed by atoms with E-state index in [1.54, 1.807) is 6.92 Å². The summed E-state index contributed by atoms with van der Waals surface area (Å²) in [5.41, 5.74) is -3.43. The second-order valence-corrected chi connectivity index (χ2v) is 19.3. The highest BCUT2D eigenvalue weighted by Crippen LogP contribution is 2.53. The number of aromatic nitrogens is 6. The average molecular weight is 819 g/mol. The van der Waals surface area contributed by atoms with E-state index in [0.29, 0.717) is 31.4 Å². The molecule has 0 spiro atoms. The zero-order valence-electron chi connectivity index (χ0n) is 33.5. The smallest absolute Gasteiger partial charge is 0.360 e. The second-order valence-electron chi connectivity index (χ2n) is 16.5. The topological polar surface area (TPSA) is 231 Å².